The smallest absolute Gasteiger partial charge is 0.252 e. The van der Waals surface area contributed by atoms with Gasteiger partial charge in [0.15, 0.2) is 0 Å². The molecular weight excluding hydrogens is 358 g/mol. The highest BCUT2D eigenvalue weighted by Crippen LogP contribution is 2.43. The second-order valence-electron chi connectivity index (χ2n) is 6.64. The van der Waals surface area contributed by atoms with Crippen molar-refractivity contribution in [1.29, 1.82) is 0 Å². The Kier molecular flexibility index (Phi) is 4.13. The van der Waals surface area contributed by atoms with E-state index < -0.39 is 10.0 Å². The quantitative estimate of drug-likeness (QED) is 0.764. The number of rotatable bonds is 4. The first kappa shape index (κ1) is 16.7. The minimum absolute atomic E-state index is 0.143. The van der Waals surface area contributed by atoms with Crippen LogP contribution < -0.4 is 0 Å². The average molecular weight is 377 g/mol. The second-order valence-corrected chi connectivity index (χ2v) is 9.75. The highest BCUT2D eigenvalue weighted by atomic mass is 32.2. The molecule has 0 unspecified atom stereocenters. The van der Waals surface area contributed by atoms with Gasteiger partial charge in [-0.2, -0.15) is 4.31 Å². The Balaban J connectivity index is 1.39. The Morgan fingerprint density at radius 2 is 2.00 bits per heavy atom. The van der Waals surface area contributed by atoms with Crippen LogP contribution in [0.5, 0.6) is 0 Å². The van der Waals surface area contributed by atoms with Crippen molar-refractivity contribution < 1.29 is 13.2 Å². The van der Waals surface area contributed by atoms with E-state index in [-0.39, 0.29) is 11.3 Å². The highest BCUT2D eigenvalue weighted by Gasteiger charge is 2.53. The molecule has 0 aromatic carbocycles. The number of amides is 1. The van der Waals surface area contributed by atoms with E-state index in [0.29, 0.717) is 43.2 Å². The van der Waals surface area contributed by atoms with Gasteiger partial charge < -0.3 is 4.90 Å². The number of hydrogen-bond acceptors (Lipinski definition) is 5. The number of hydrogen-bond donors (Lipinski definition) is 0. The summed E-state index contributed by atoms with van der Waals surface area (Å²) in [6, 6.07) is 7.20. The van der Waals surface area contributed by atoms with Crippen LogP contribution in [0.1, 0.15) is 18.4 Å². The number of piperidine rings is 1. The number of carbonyl (C=O) groups is 1. The fraction of sp³-hybridized carbons (Fsp3) is 0.412. The number of β-lactam (4-membered cyclic amide) rings is 1. The number of thiophene rings is 1. The molecule has 2 aliphatic rings. The van der Waals surface area contributed by atoms with E-state index in [0.717, 1.165) is 5.56 Å². The number of carbonyl (C=O) groups excluding carboxylic acids is 1. The first-order chi connectivity index (χ1) is 12.0. The normalized spacial score (nSPS) is 20.6. The van der Waals surface area contributed by atoms with E-state index >= 15 is 0 Å². The van der Waals surface area contributed by atoms with Crippen molar-refractivity contribution in [3.63, 3.8) is 0 Å². The zero-order chi connectivity index (χ0) is 17.5. The van der Waals surface area contributed by atoms with Gasteiger partial charge in [0.25, 0.3) is 10.0 Å². The second kappa shape index (κ2) is 6.19. The van der Waals surface area contributed by atoms with Crippen LogP contribution in [0, 0.1) is 5.41 Å². The van der Waals surface area contributed by atoms with E-state index in [2.05, 4.69) is 4.98 Å². The van der Waals surface area contributed by atoms with Gasteiger partial charge in [0, 0.05) is 38.6 Å². The van der Waals surface area contributed by atoms with Gasteiger partial charge in [0.1, 0.15) is 4.21 Å². The fourth-order valence-corrected chi connectivity index (χ4v) is 6.24. The summed E-state index contributed by atoms with van der Waals surface area (Å²) in [6.45, 7) is 2.10. The monoisotopic (exact) mass is 377 g/mol. The van der Waals surface area contributed by atoms with Gasteiger partial charge in [-0.25, -0.2) is 8.42 Å². The molecule has 0 aliphatic carbocycles. The Hall–Kier alpha value is -1.77. The summed E-state index contributed by atoms with van der Waals surface area (Å²) < 4.78 is 27.1. The predicted octanol–water partition coefficient (Wildman–Crippen LogP) is 1.96. The van der Waals surface area contributed by atoms with Crippen molar-refractivity contribution in [3.05, 3.63) is 47.6 Å². The molecule has 2 aromatic heterocycles. The summed E-state index contributed by atoms with van der Waals surface area (Å²) in [5, 5.41) is 1.77. The largest absolute Gasteiger partial charge is 0.337 e. The number of sulfonamides is 1. The molecule has 0 N–H and O–H groups in total. The molecule has 2 aromatic rings. The summed E-state index contributed by atoms with van der Waals surface area (Å²) >= 11 is 1.23. The first-order valence-electron chi connectivity index (χ1n) is 8.23. The van der Waals surface area contributed by atoms with Crippen molar-refractivity contribution in [2.75, 3.05) is 19.6 Å². The third-order valence-electron chi connectivity index (χ3n) is 5.10. The Bertz CT molecular complexity index is 858. The van der Waals surface area contributed by atoms with Crippen LogP contribution in [0.4, 0.5) is 0 Å². The lowest BCUT2D eigenvalue weighted by Gasteiger charge is -2.52. The van der Waals surface area contributed by atoms with Gasteiger partial charge >= 0.3 is 0 Å². The number of nitrogens with zero attached hydrogens (tertiary/aromatic N) is 3. The van der Waals surface area contributed by atoms with Crippen molar-refractivity contribution in [1.82, 2.24) is 14.2 Å². The summed E-state index contributed by atoms with van der Waals surface area (Å²) in [5.74, 6) is 0.143. The van der Waals surface area contributed by atoms with Crippen LogP contribution >= 0.6 is 11.3 Å². The molecule has 2 fully saturated rings. The zero-order valence-electron chi connectivity index (χ0n) is 13.7. The van der Waals surface area contributed by atoms with Gasteiger partial charge in [0.05, 0.1) is 5.41 Å². The molecule has 25 heavy (non-hydrogen) atoms. The van der Waals surface area contributed by atoms with E-state index in [1.165, 1.54) is 15.6 Å². The third kappa shape index (κ3) is 2.88. The minimum Gasteiger partial charge on any atom is -0.337 e. The Morgan fingerprint density at radius 1 is 1.20 bits per heavy atom. The Labute approximate surface area is 151 Å². The van der Waals surface area contributed by atoms with Gasteiger partial charge in [-0.05, 0) is 35.9 Å². The van der Waals surface area contributed by atoms with Crippen molar-refractivity contribution in [3.8, 4) is 0 Å². The van der Waals surface area contributed by atoms with Gasteiger partial charge in [-0.3, -0.25) is 9.78 Å². The van der Waals surface area contributed by atoms with Crippen molar-refractivity contribution in [2.45, 2.75) is 23.6 Å². The SMILES string of the molecule is O=C1N(Cc2cccnc2)CC12CCN(S(=O)(=O)c1cccs1)CC2. The van der Waals surface area contributed by atoms with Crippen LogP contribution in [0.3, 0.4) is 0 Å². The molecule has 4 heterocycles. The highest BCUT2D eigenvalue weighted by molar-refractivity contribution is 7.91. The van der Waals surface area contributed by atoms with Crippen LogP contribution in [0.2, 0.25) is 0 Å². The summed E-state index contributed by atoms with van der Waals surface area (Å²) in [6.07, 6.45) is 4.68. The maximum atomic E-state index is 12.7. The molecule has 2 saturated heterocycles. The molecule has 1 amide bonds. The topological polar surface area (TPSA) is 70.6 Å². The molecule has 0 atom stereocenters. The molecule has 8 heteroatoms. The molecule has 4 rings (SSSR count). The van der Waals surface area contributed by atoms with Crippen LogP contribution in [-0.2, 0) is 21.4 Å². The molecule has 2 aliphatic heterocycles. The molecule has 1 spiro atoms. The molecular formula is C17H19N3O3S2. The van der Waals surface area contributed by atoms with Gasteiger partial charge in [-0.1, -0.05) is 12.1 Å². The number of pyridine rings is 1. The van der Waals surface area contributed by atoms with Gasteiger partial charge in [-0.15, -0.1) is 11.3 Å². The fourth-order valence-electron chi connectivity index (χ4n) is 3.65. The number of aromatic nitrogens is 1. The summed E-state index contributed by atoms with van der Waals surface area (Å²) in [7, 11) is -3.41. The van der Waals surface area contributed by atoms with E-state index in [1.54, 1.807) is 29.9 Å². The lowest BCUT2D eigenvalue weighted by atomic mass is 9.71. The lowest BCUT2D eigenvalue weighted by molar-refractivity contribution is -0.165. The first-order valence-corrected chi connectivity index (χ1v) is 10.6. The van der Waals surface area contributed by atoms with Crippen LogP contribution in [0.15, 0.2) is 46.2 Å². The van der Waals surface area contributed by atoms with E-state index in [9.17, 15) is 13.2 Å². The van der Waals surface area contributed by atoms with Crippen LogP contribution in [0.25, 0.3) is 0 Å². The summed E-state index contributed by atoms with van der Waals surface area (Å²) in [4.78, 5) is 18.6. The predicted molar refractivity (Wildman–Crippen MR) is 94.4 cm³/mol. The minimum atomic E-state index is -3.41. The average Bonchev–Trinajstić information content (AvgIpc) is 3.18. The zero-order valence-corrected chi connectivity index (χ0v) is 15.3. The molecule has 0 saturated carbocycles. The van der Waals surface area contributed by atoms with Crippen molar-refractivity contribution >= 4 is 27.3 Å². The molecule has 0 bridgehead atoms. The molecule has 0 radical (unpaired) electrons. The number of likely N-dealkylation sites (tertiary alicyclic amines) is 1. The van der Waals surface area contributed by atoms with E-state index in [4.69, 9.17) is 0 Å². The maximum Gasteiger partial charge on any atom is 0.252 e. The standard InChI is InChI=1S/C17H19N3O3S2/c21-16-17(13-19(16)12-14-3-1-7-18-11-14)5-8-20(9-6-17)25(22,23)15-4-2-10-24-15/h1-4,7,10-11H,5-6,8-9,12-13H2. The van der Waals surface area contributed by atoms with Crippen LogP contribution in [-0.4, -0.2) is 48.1 Å². The van der Waals surface area contributed by atoms with Gasteiger partial charge in [0.2, 0.25) is 5.91 Å². The Morgan fingerprint density at radius 3 is 2.60 bits per heavy atom. The van der Waals surface area contributed by atoms with E-state index in [1.807, 2.05) is 17.0 Å². The maximum absolute atomic E-state index is 12.7. The molecule has 132 valence electrons. The van der Waals surface area contributed by atoms with Crippen molar-refractivity contribution in [2.24, 2.45) is 5.41 Å². The summed E-state index contributed by atoms with van der Waals surface area (Å²) in [5.41, 5.74) is 0.646. The molecule has 6 nitrogen and oxygen atoms in total. The third-order valence-corrected chi connectivity index (χ3v) is 8.37. The lowest BCUT2D eigenvalue weighted by Crippen LogP contribution is -2.64.